The predicted octanol–water partition coefficient (Wildman–Crippen LogP) is 4.82. The molecular formula is C20H24N2O. The lowest BCUT2D eigenvalue weighted by Crippen LogP contribution is -2.04. The molecule has 0 saturated heterocycles. The normalized spacial score (nSPS) is 12.0. The lowest BCUT2D eigenvalue weighted by molar-refractivity contribution is 0.103. The molecule has 3 nitrogen and oxygen atoms in total. The first-order chi connectivity index (χ1) is 11.2. The summed E-state index contributed by atoms with van der Waals surface area (Å²) in [6.45, 7) is 2.20. The number of carbonyl (C=O) groups is 1. The summed E-state index contributed by atoms with van der Waals surface area (Å²) in [7, 11) is 1.78. The van der Waals surface area contributed by atoms with E-state index in [2.05, 4.69) is 30.2 Å². The van der Waals surface area contributed by atoms with E-state index in [1.807, 2.05) is 24.3 Å². The van der Waals surface area contributed by atoms with Crippen LogP contribution in [0.5, 0.6) is 0 Å². The van der Waals surface area contributed by atoms with Crippen LogP contribution < -0.4 is 0 Å². The number of ketones is 1. The highest BCUT2D eigenvalue weighted by Gasteiger charge is 2.06. The van der Waals surface area contributed by atoms with Gasteiger partial charge in [-0.3, -0.25) is 9.48 Å². The van der Waals surface area contributed by atoms with E-state index in [0.29, 0.717) is 5.69 Å². The summed E-state index contributed by atoms with van der Waals surface area (Å²) in [6.07, 6.45) is 11.9. The maximum absolute atomic E-state index is 12.2. The van der Waals surface area contributed by atoms with Crippen LogP contribution in [0.3, 0.4) is 0 Å². The second-order valence-corrected chi connectivity index (χ2v) is 5.62. The van der Waals surface area contributed by atoms with Gasteiger partial charge in [-0.1, -0.05) is 62.2 Å². The van der Waals surface area contributed by atoms with Gasteiger partial charge >= 0.3 is 0 Å². The molecule has 0 aliphatic rings. The molecule has 0 bridgehead atoms. The Morgan fingerprint density at radius 3 is 2.57 bits per heavy atom. The van der Waals surface area contributed by atoms with Gasteiger partial charge < -0.3 is 0 Å². The van der Waals surface area contributed by atoms with Gasteiger partial charge in [-0.15, -0.1) is 0 Å². The Hall–Kier alpha value is -2.42. The average molecular weight is 308 g/mol. The number of aromatic nitrogens is 2. The molecule has 0 aliphatic heterocycles. The third-order valence-electron chi connectivity index (χ3n) is 3.74. The highest BCUT2D eigenvalue weighted by atomic mass is 16.1. The van der Waals surface area contributed by atoms with Gasteiger partial charge in [0, 0.05) is 13.2 Å². The van der Waals surface area contributed by atoms with Crippen LogP contribution in [0.15, 0.2) is 60.3 Å². The van der Waals surface area contributed by atoms with E-state index in [0.717, 1.165) is 18.4 Å². The van der Waals surface area contributed by atoms with Crippen molar-refractivity contribution in [3.05, 3.63) is 71.6 Å². The van der Waals surface area contributed by atoms with Crippen molar-refractivity contribution in [1.82, 2.24) is 9.78 Å². The van der Waals surface area contributed by atoms with Crippen LogP contribution in [-0.4, -0.2) is 15.6 Å². The molecule has 0 fully saturated rings. The lowest BCUT2D eigenvalue weighted by atomic mass is 10.0. The Morgan fingerprint density at radius 1 is 1.13 bits per heavy atom. The number of aryl methyl sites for hydroxylation is 1. The largest absolute Gasteiger partial charge is 0.288 e. The van der Waals surface area contributed by atoms with E-state index in [9.17, 15) is 4.79 Å². The Morgan fingerprint density at radius 2 is 1.91 bits per heavy atom. The predicted molar refractivity (Wildman–Crippen MR) is 95.2 cm³/mol. The topological polar surface area (TPSA) is 34.9 Å². The fourth-order valence-electron chi connectivity index (χ4n) is 2.43. The average Bonchev–Trinajstić information content (AvgIpc) is 2.99. The fourth-order valence-corrected chi connectivity index (χ4v) is 2.43. The van der Waals surface area contributed by atoms with Crippen molar-refractivity contribution >= 4 is 11.9 Å². The maximum atomic E-state index is 12.2. The Bertz CT molecular complexity index is 681. The minimum absolute atomic E-state index is 0.0144. The quantitative estimate of drug-likeness (QED) is 0.303. The summed E-state index contributed by atoms with van der Waals surface area (Å²) >= 11 is 0. The van der Waals surface area contributed by atoms with Crippen LogP contribution >= 0.6 is 0 Å². The summed E-state index contributed by atoms with van der Waals surface area (Å²) in [5.74, 6) is -0.0144. The minimum Gasteiger partial charge on any atom is -0.288 e. The number of hydrogen-bond donors (Lipinski definition) is 0. The summed E-state index contributed by atoms with van der Waals surface area (Å²) in [5, 5.41) is 4.04. The van der Waals surface area contributed by atoms with E-state index >= 15 is 0 Å². The molecule has 0 unspecified atom stereocenters. The van der Waals surface area contributed by atoms with Gasteiger partial charge in [-0.2, -0.15) is 5.10 Å². The molecule has 1 aromatic heterocycles. The third kappa shape index (κ3) is 5.37. The van der Waals surface area contributed by atoms with E-state index in [4.69, 9.17) is 0 Å². The third-order valence-corrected chi connectivity index (χ3v) is 3.74. The van der Waals surface area contributed by atoms with E-state index in [-0.39, 0.29) is 5.78 Å². The monoisotopic (exact) mass is 308 g/mol. The zero-order valence-electron chi connectivity index (χ0n) is 13.9. The van der Waals surface area contributed by atoms with E-state index in [1.54, 1.807) is 30.1 Å². The molecule has 23 heavy (non-hydrogen) atoms. The molecule has 120 valence electrons. The minimum atomic E-state index is -0.0144. The van der Waals surface area contributed by atoms with Crippen LogP contribution in [0.2, 0.25) is 0 Å². The molecule has 0 aliphatic carbocycles. The number of carbonyl (C=O) groups excluding carboxylic acids is 1. The van der Waals surface area contributed by atoms with E-state index < -0.39 is 0 Å². The molecule has 1 heterocycles. The molecule has 2 rings (SSSR count). The highest BCUT2D eigenvalue weighted by molar-refractivity contribution is 6.03. The van der Waals surface area contributed by atoms with Crippen molar-refractivity contribution in [2.75, 3.05) is 0 Å². The molecule has 0 atom stereocenters. The number of hydrogen-bond acceptors (Lipinski definition) is 2. The molecule has 0 amide bonds. The van der Waals surface area contributed by atoms with Gasteiger partial charge in [-0.05, 0) is 36.1 Å². The van der Waals surface area contributed by atoms with E-state index in [1.165, 1.54) is 18.4 Å². The van der Waals surface area contributed by atoms with Crippen LogP contribution in [0.1, 0.15) is 48.7 Å². The standard InChI is InChI=1S/C20H24N2O/c1-3-4-6-9-18(16-17-10-7-5-8-11-17)12-13-20(23)19-14-15-21-22(19)2/h5,7-8,10-16H,3-4,6,9H2,1-2H3/b13-12+,18-16-. The fraction of sp³-hybridized carbons (Fsp3) is 0.300. The van der Waals surface area contributed by atoms with Crippen LogP contribution in [-0.2, 0) is 7.05 Å². The molecule has 1 aromatic carbocycles. The highest BCUT2D eigenvalue weighted by Crippen LogP contribution is 2.15. The summed E-state index contributed by atoms with van der Waals surface area (Å²) in [5.41, 5.74) is 2.95. The van der Waals surface area contributed by atoms with Crippen LogP contribution in [0, 0.1) is 0 Å². The number of unbranched alkanes of at least 4 members (excludes halogenated alkanes) is 2. The first-order valence-electron chi connectivity index (χ1n) is 8.16. The van der Waals surface area contributed by atoms with Crippen molar-refractivity contribution < 1.29 is 4.79 Å². The Labute approximate surface area is 138 Å². The SMILES string of the molecule is CCCCCC(=C/c1ccccc1)/C=C/C(=O)c1ccnn1C. The molecular weight excluding hydrogens is 284 g/mol. The second-order valence-electron chi connectivity index (χ2n) is 5.62. The molecule has 0 N–H and O–H groups in total. The van der Waals surface area contributed by atoms with Crippen LogP contribution in [0.4, 0.5) is 0 Å². The van der Waals surface area contributed by atoms with Gasteiger partial charge in [0.15, 0.2) is 0 Å². The number of nitrogens with zero attached hydrogens (tertiary/aromatic N) is 2. The van der Waals surface area contributed by atoms with Gasteiger partial charge in [0.05, 0.1) is 0 Å². The molecule has 0 spiro atoms. The smallest absolute Gasteiger partial charge is 0.203 e. The zero-order valence-corrected chi connectivity index (χ0v) is 13.9. The molecule has 0 radical (unpaired) electrons. The van der Waals surface area contributed by atoms with Crippen molar-refractivity contribution in [2.24, 2.45) is 7.05 Å². The van der Waals surface area contributed by atoms with Crippen molar-refractivity contribution in [1.29, 1.82) is 0 Å². The van der Waals surface area contributed by atoms with Gasteiger partial charge in [0.2, 0.25) is 5.78 Å². The first-order valence-corrected chi connectivity index (χ1v) is 8.16. The van der Waals surface area contributed by atoms with Crippen LogP contribution in [0.25, 0.3) is 6.08 Å². The first kappa shape index (κ1) is 16.9. The van der Waals surface area contributed by atoms with Crippen molar-refractivity contribution in [3.63, 3.8) is 0 Å². The maximum Gasteiger partial charge on any atom is 0.203 e. The van der Waals surface area contributed by atoms with Gasteiger partial charge in [0.25, 0.3) is 0 Å². The van der Waals surface area contributed by atoms with Gasteiger partial charge in [0.1, 0.15) is 5.69 Å². The van der Waals surface area contributed by atoms with Crippen molar-refractivity contribution in [2.45, 2.75) is 32.6 Å². The second kappa shape index (κ2) is 8.89. The Balaban J connectivity index is 2.13. The number of allylic oxidation sites excluding steroid dienone is 3. The molecule has 0 saturated carbocycles. The van der Waals surface area contributed by atoms with Gasteiger partial charge in [-0.25, -0.2) is 0 Å². The molecule has 2 aromatic rings. The zero-order chi connectivity index (χ0) is 16.5. The summed E-state index contributed by atoms with van der Waals surface area (Å²) in [6, 6.07) is 12.0. The molecule has 3 heteroatoms. The summed E-state index contributed by atoms with van der Waals surface area (Å²) < 4.78 is 1.60. The number of benzene rings is 1. The van der Waals surface area contributed by atoms with Crippen molar-refractivity contribution in [3.8, 4) is 0 Å². The summed E-state index contributed by atoms with van der Waals surface area (Å²) in [4.78, 5) is 12.2. The number of rotatable bonds is 8. The lowest BCUT2D eigenvalue weighted by Gasteiger charge is -2.03. The Kier molecular flexibility index (Phi) is 6.55.